The van der Waals surface area contributed by atoms with Gasteiger partial charge < -0.3 is 30.1 Å². The Morgan fingerprint density at radius 2 is 0.773 bits per heavy atom. The maximum absolute atomic E-state index is 13.9. The van der Waals surface area contributed by atoms with Crippen LogP contribution in [0, 0.1) is 0 Å². The molecule has 3 amide bonds. The van der Waals surface area contributed by atoms with E-state index >= 15 is 0 Å². The molecule has 0 fully saturated rings. The summed E-state index contributed by atoms with van der Waals surface area (Å²) in [6.07, 6.45) is -13.1. The summed E-state index contributed by atoms with van der Waals surface area (Å²) in [6.45, 7) is 4.51. The van der Waals surface area contributed by atoms with Gasteiger partial charge >= 0.3 is 18.5 Å². The van der Waals surface area contributed by atoms with Gasteiger partial charge in [-0.25, -0.2) is 54.1 Å². The van der Waals surface area contributed by atoms with Crippen molar-refractivity contribution < 1.29 is 106 Å². The summed E-state index contributed by atoms with van der Waals surface area (Å²) in [5.74, 6) is -4.90. The van der Waals surface area contributed by atoms with Crippen LogP contribution in [0.4, 0.5) is 39.5 Å². The first-order valence-corrected chi connectivity index (χ1v) is 42.0. The smallest absolute Gasteiger partial charge is 0.348 e. The van der Waals surface area contributed by atoms with E-state index in [1.807, 2.05) is 0 Å². The molecule has 0 atom stereocenters. The number of hydrogen-bond donors (Lipinski definition) is 4. The number of amides is 3. The number of H-pyrrole nitrogens is 1. The molecule has 0 aliphatic carbocycles. The van der Waals surface area contributed by atoms with Crippen LogP contribution in [-0.4, -0.2) is 135 Å². The number of fused-ring (bicyclic) bond motifs is 6. The topological polar surface area (TPSA) is 414 Å². The van der Waals surface area contributed by atoms with Crippen LogP contribution in [0.2, 0.25) is 0 Å². The van der Waals surface area contributed by atoms with Gasteiger partial charge in [-0.2, -0.15) is 47.9 Å². The minimum atomic E-state index is -4.74. The lowest BCUT2D eigenvalue weighted by molar-refractivity contribution is -0.147. The van der Waals surface area contributed by atoms with E-state index in [2.05, 4.69) is 75.6 Å². The summed E-state index contributed by atoms with van der Waals surface area (Å²) in [5, 5.41) is 30.4. The Kier molecular flexibility index (Phi) is 25.0. The monoisotopic (exact) mass is 1730 g/mol. The van der Waals surface area contributed by atoms with Crippen molar-refractivity contribution in [3.8, 4) is 0 Å². The number of imidazole rings is 3. The van der Waals surface area contributed by atoms with Crippen LogP contribution in [0.5, 0.6) is 0 Å². The number of nitrogens with zero attached hydrogens (tertiary/aromatic N) is 11. The van der Waals surface area contributed by atoms with Crippen molar-refractivity contribution in [2.24, 2.45) is 0 Å². The second-order valence-corrected chi connectivity index (χ2v) is 34.5. The minimum Gasteiger partial charge on any atom is -0.348 e. The number of alkyl halides is 9. The first kappa shape index (κ1) is 85.5. The van der Waals surface area contributed by atoms with Crippen LogP contribution in [0.25, 0.3) is 66.2 Å². The molecule has 6 aromatic heterocycles. The Morgan fingerprint density at radius 3 is 1.18 bits per heavy atom. The van der Waals surface area contributed by atoms with Crippen LogP contribution in [0.1, 0.15) is 103 Å². The molecule has 0 aliphatic heterocycles. The molecule has 43 heteroatoms. The number of halogens is 9. The molecule has 0 saturated heterocycles. The number of benzene rings is 9. The van der Waals surface area contributed by atoms with Crippen molar-refractivity contribution in [3.05, 3.63) is 250 Å². The molecule has 0 unspecified atom stereocenters. The summed E-state index contributed by atoms with van der Waals surface area (Å²) in [6, 6.07) is 45.6. The average molecular weight is 1730 g/mol. The molecule has 0 aliphatic rings. The first-order chi connectivity index (χ1) is 56.3. The van der Waals surface area contributed by atoms with Gasteiger partial charge in [0.25, 0.3) is 27.8 Å². The maximum Gasteiger partial charge on any atom is 0.449 e. The van der Waals surface area contributed by atoms with Crippen molar-refractivity contribution in [2.45, 2.75) is 93.3 Å². The molecule has 15 aromatic rings. The highest BCUT2D eigenvalue weighted by Crippen LogP contribution is 2.36. The molecule has 9 aromatic carbocycles. The summed E-state index contributed by atoms with van der Waals surface area (Å²) < 4.78 is 235. The Bertz CT molecular complexity index is 6760. The first-order valence-electron chi connectivity index (χ1n) is 35.3. The molecular weight excluding hydrogens is 1660 g/mol. The van der Waals surface area contributed by atoms with Gasteiger partial charge in [-0.1, -0.05) is 93.6 Å². The zero-order chi connectivity index (χ0) is 85.6. The Balaban J connectivity index is 0.000000152. The quantitative estimate of drug-likeness (QED) is 0.0361. The number of aromatic nitrogens is 12. The van der Waals surface area contributed by atoms with E-state index in [9.17, 15) is 87.6 Å². The zero-order valence-corrected chi connectivity index (χ0v) is 65.5. The summed E-state index contributed by atoms with van der Waals surface area (Å²) in [4.78, 5) is 51.6. The summed E-state index contributed by atoms with van der Waals surface area (Å²) in [7, 11) is -13.4. The highest BCUT2D eigenvalue weighted by molar-refractivity contribution is 7.92. The zero-order valence-electron chi connectivity index (χ0n) is 62.3. The average Bonchev–Trinajstić information content (AvgIpc) is 1.62. The van der Waals surface area contributed by atoms with Crippen LogP contribution in [0.3, 0.4) is 0 Å². The summed E-state index contributed by atoms with van der Waals surface area (Å²) >= 11 is 0. The van der Waals surface area contributed by atoms with Gasteiger partial charge in [-0.15, -0.1) is 0 Å². The number of carbonyl (C=O) groups excluding carboxylic acids is 3. The van der Waals surface area contributed by atoms with Gasteiger partial charge in [-0.3, -0.25) is 18.6 Å². The van der Waals surface area contributed by atoms with Gasteiger partial charge in [-0.05, 0) is 157 Å². The van der Waals surface area contributed by atoms with E-state index in [4.69, 9.17) is 9.26 Å². The van der Waals surface area contributed by atoms with Gasteiger partial charge in [0, 0.05) is 53.0 Å². The number of rotatable bonds is 22. The van der Waals surface area contributed by atoms with Crippen LogP contribution in [0.15, 0.2) is 211 Å². The van der Waals surface area contributed by atoms with E-state index in [0.717, 1.165) is 15.4 Å². The molecule has 4 N–H and O–H groups in total. The SMILES string of the molecule is CCS(=O)(=O)c1ccc(CNC(=O)c2ccc3c(c2)nc(C(F)(F)F)n3Cc2cccc3nonc23)cc1.CCS(=O)(=O)c1ccc(CNC(=O)c2ccc3nc(C(F)(F)F)[nH]c3c2)cc1.CCS(=O)(=O)c1ccc(CNC(=O)c2ccc3nc(C(F)(F)F)n(Cc4cccc5nonc45)c3c2)cc1.CS(=O)(=O)OCc1cccc2nonc12. The molecule has 6 heterocycles. The van der Waals surface area contributed by atoms with Crippen LogP contribution in [-0.2, 0) is 102 Å². The standard InChI is InChI=1S/2C25H20F3N5O4S.C18H16F3N3O3S.C8H8N2O4S/c1-2-38(35,36)18-9-6-15(7-10-18)13-29-23(34)16-8-11-19-21(12-16)33(24(30-19)25(26,27)28)14-17-4-3-5-20-22(17)32-37-31-20;1-2-38(35,36)18-9-6-15(7-10-18)13-29-23(34)16-8-11-21-20(12-16)30-24(25(26,27)28)33(21)14-17-4-3-5-19-22(17)32-37-31-19;1-2-28(26,27)13-6-3-11(4-7-13)10-22-16(25)12-5-8-14-15(9-12)24-17(23-14)18(19,20)21;1-15(11,12)13-5-6-3-2-4-7-8(6)10-14-9-7/h2*3-12H,2,13-14H2,1H3,(H,29,34);3-9H,2,10H2,1H3,(H,22,25)(H,23,24);2-4H,5H2,1H3. The molecule has 0 radical (unpaired) electrons. The molecule has 620 valence electrons. The highest BCUT2D eigenvalue weighted by atomic mass is 32.2. The Morgan fingerprint density at radius 1 is 0.403 bits per heavy atom. The van der Waals surface area contributed by atoms with Gasteiger partial charge in [0.1, 0.15) is 33.1 Å². The fourth-order valence-corrected chi connectivity index (χ4v) is 14.8. The van der Waals surface area contributed by atoms with Gasteiger partial charge in [0.2, 0.25) is 17.5 Å². The number of carbonyl (C=O) groups is 3. The Labute approximate surface area is 667 Å². The molecular formula is C76H64F9N15O15S4. The van der Waals surface area contributed by atoms with Crippen molar-refractivity contribution in [3.63, 3.8) is 0 Å². The minimum absolute atomic E-state index is 0.00422. The third kappa shape index (κ3) is 20.4. The molecule has 0 bridgehead atoms. The largest absolute Gasteiger partial charge is 0.449 e. The lowest BCUT2D eigenvalue weighted by Gasteiger charge is -2.12. The number of aromatic amines is 1. The number of nitrogens with one attached hydrogen (secondary N) is 4. The van der Waals surface area contributed by atoms with Gasteiger partial charge in [0.05, 0.1) is 91.0 Å². The molecule has 119 heavy (non-hydrogen) atoms. The van der Waals surface area contributed by atoms with Crippen molar-refractivity contribution >= 4 is 124 Å². The van der Waals surface area contributed by atoms with Crippen LogP contribution >= 0.6 is 0 Å². The lowest BCUT2D eigenvalue weighted by Crippen LogP contribution is -2.23. The highest BCUT2D eigenvalue weighted by Gasteiger charge is 2.40. The van der Waals surface area contributed by atoms with Gasteiger partial charge in [0.15, 0.2) is 29.5 Å². The predicted octanol–water partition coefficient (Wildman–Crippen LogP) is 12.7. The van der Waals surface area contributed by atoms with E-state index in [0.29, 0.717) is 66.5 Å². The third-order valence-corrected chi connectivity index (χ3v) is 23.9. The second-order valence-electron chi connectivity index (χ2n) is 26.1. The predicted molar refractivity (Wildman–Crippen MR) is 410 cm³/mol. The van der Waals surface area contributed by atoms with E-state index in [1.54, 1.807) is 112 Å². The van der Waals surface area contributed by atoms with E-state index in [-0.39, 0.29) is 121 Å². The third-order valence-electron chi connectivity index (χ3n) is 18.1. The number of hydrogen-bond acceptors (Lipinski definition) is 24. The Hall–Kier alpha value is -12.9. The number of sulfone groups is 3. The van der Waals surface area contributed by atoms with E-state index < -0.39 is 93.4 Å². The fourth-order valence-electron chi connectivity index (χ4n) is 11.8. The summed E-state index contributed by atoms with van der Waals surface area (Å²) in [5.41, 5.74) is 7.17. The van der Waals surface area contributed by atoms with Crippen molar-refractivity contribution in [2.75, 3.05) is 23.5 Å². The molecule has 0 spiro atoms. The normalized spacial score (nSPS) is 12.3. The molecule has 0 saturated carbocycles. The lowest BCUT2D eigenvalue weighted by atomic mass is 10.1. The second kappa shape index (κ2) is 34.7. The fraction of sp³-hybridized carbons (Fsp3) is 0.211. The van der Waals surface area contributed by atoms with Crippen molar-refractivity contribution in [1.29, 1.82) is 0 Å². The van der Waals surface area contributed by atoms with E-state index in [1.165, 1.54) is 91.0 Å². The molecule has 15 rings (SSSR count). The van der Waals surface area contributed by atoms with Crippen LogP contribution < -0.4 is 16.0 Å². The van der Waals surface area contributed by atoms with Crippen molar-refractivity contribution in [1.82, 2.24) is 76.0 Å². The maximum atomic E-state index is 13.9. The molecule has 30 nitrogen and oxygen atoms in total.